The molecule has 3 fully saturated rings. The first-order chi connectivity index (χ1) is 16.8. The second-order valence-corrected chi connectivity index (χ2v) is 9.25. The summed E-state index contributed by atoms with van der Waals surface area (Å²) in [4.78, 5) is 11.9. The number of H-pyrrole nitrogens is 1. The van der Waals surface area contributed by atoms with Gasteiger partial charge in [-0.25, -0.2) is 4.98 Å². The fraction of sp³-hybridized carbons (Fsp3) is 0.652. The Labute approximate surface area is 199 Å². The molecule has 3 aliphatic rings. The summed E-state index contributed by atoms with van der Waals surface area (Å²) in [5, 5.41) is 25.2. The molecule has 0 aromatic carbocycles. The minimum absolute atomic E-state index is 0.354. The van der Waals surface area contributed by atoms with Crippen molar-refractivity contribution in [2.45, 2.75) is 56.7 Å². The highest BCUT2D eigenvalue weighted by atomic mass is 16.5. The molecule has 1 saturated carbocycles. The number of fused-ring (bicyclic) bond motifs is 1. The lowest BCUT2D eigenvalue weighted by Gasteiger charge is -2.39. The van der Waals surface area contributed by atoms with Crippen molar-refractivity contribution >= 4 is 29.0 Å². The van der Waals surface area contributed by atoms with Crippen LogP contribution in [0.15, 0.2) is 18.1 Å². The molecule has 0 unspecified atom stereocenters. The van der Waals surface area contributed by atoms with Crippen molar-refractivity contribution in [3.05, 3.63) is 18.1 Å². The van der Waals surface area contributed by atoms with Crippen LogP contribution in [0, 0.1) is 5.41 Å². The summed E-state index contributed by atoms with van der Waals surface area (Å²) in [6, 6.07) is 1.37. The summed E-state index contributed by atoms with van der Waals surface area (Å²) in [5.41, 5.74) is 2.15. The number of allylic oxidation sites excluding steroid dienone is 1. The summed E-state index contributed by atoms with van der Waals surface area (Å²) in [6.45, 7) is 5.33. The van der Waals surface area contributed by atoms with Gasteiger partial charge in [-0.1, -0.05) is 0 Å². The average Bonchev–Trinajstić information content (AvgIpc) is 3.37. The van der Waals surface area contributed by atoms with Gasteiger partial charge in [0.05, 0.1) is 25.1 Å². The van der Waals surface area contributed by atoms with E-state index in [-0.39, 0.29) is 0 Å². The Balaban J connectivity index is 1.23. The van der Waals surface area contributed by atoms with Crippen LogP contribution in [0.3, 0.4) is 0 Å². The van der Waals surface area contributed by atoms with E-state index in [0.717, 1.165) is 82.1 Å². The van der Waals surface area contributed by atoms with E-state index in [9.17, 15) is 0 Å². The van der Waals surface area contributed by atoms with E-state index < -0.39 is 0 Å². The minimum Gasteiger partial charge on any atom is -0.386 e. The second-order valence-electron chi connectivity index (χ2n) is 9.25. The van der Waals surface area contributed by atoms with Gasteiger partial charge >= 0.3 is 0 Å². The molecule has 11 heteroatoms. The molecule has 5 rings (SSSR count). The number of aromatic nitrogens is 4. The monoisotopic (exact) mass is 469 g/mol. The van der Waals surface area contributed by atoms with Crippen LogP contribution in [0.2, 0.25) is 0 Å². The number of hydrogen-bond acceptors (Lipinski definition) is 10. The molecule has 1 aliphatic carbocycles. The largest absolute Gasteiger partial charge is 0.386 e. The van der Waals surface area contributed by atoms with Crippen LogP contribution in [0.4, 0.5) is 11.8 Å². The molecule has 184 valence electrons. The first kappa shape index (κ1) is 23.0. The van der Waals surface area contributed by atoms with Gasteiger partial charge < -0.3 is 30.8 Å². The van der Waals surface area contributed by atoms with E-state index in [1.54, 1.807) is 6.20 Å². The van der Waals surface area contributed by atoms with E-state index in [1.165, 1.54) is 19.1 Å². The summed E-state index contributed by atoms with van der Waals surface area (Å²) in [7, 11) is 0. The normalized spacial score (nSPS) is 25.2. The standard InChI is InChI=1S/C23H35N9O2/c24-13-18(14-25-16-5-9-33-10-6-16)28-23-29-20-15-26-31-21(20)22(30-23)27-17-1-3-19(4-2-17)32-7-11-34-12-8-32/h13-17,19,24-25H,1-12H2,(H,26,31)(H2,27,28,29,30)/b18-14+,24-13?/t17-,19-. The minimum atomic E-state index is 0.354. The number of nitrogens with zero attached hydrogens (tertiary/aromatic N) is 4. The maximum atomic E-state index is 7.80. The zero-order valence-electron chi connectivity index (χ0n) is 19.6. The number of aromatic amines is 1. The number of morpholine rings is 1. The SMILES string of the molecule is N=C/C(=C\NC1CCOCC1)Nc1nc(N[C@H]2CC[C@H](N3CCOCC3)CC2)c2[nH]ncc2n1. The highest BCUT2D eigenvalue weighted by Crippen LogP contribution is 2.28. The van der Waals surface area contributed by atoms with Gasteiger partial charge in [-0.05, 0) is 38.5 Å². The molecule has 2 aliphatic heterocycles. The van der Waals surface area contributed by atoms with Crippen LogP contribution < -0.4 is 16.0 Å². The van der Waals surface area contributed by atoms with Gasteiger partial charge in [0.1, 0.15) is 11.0 Å². The number of ether oxygens (including phenoxy) is 2. The molecular weight excluding hydrogens is 434 g/mol. The van der Waals surface area contributed by atoms with Gasteiger partial charge in [-0.2, -0.15) is 10.1 Å². The molecule has 5 N–H and O–H groups in total. The third kappa shape index (κ3) is 5.65. The van der Waals surface area contributed by atoms with Crippen LogP contribution in [0.5, 0.6) is 0 Å². The lowest BCUT2D eigenvalue weighted by atomic mass is 9.90. The summed E-state index contributed by atoms with van der Waals surface area (Å²) < 4.78 is 10.9. The quantitative estimate of drug-likeness (QED) is 0.368. The number of nitrogens with one attached hydrogen (secondary N) is 5. The lowest BCUT2D eigenvalue weighted by molar-refractivity contribution is 0.00791. The molecule has 11 nitrogen and oxygen atoms in total. The zero-order chi connectivity index (χ0) is 23.2. The van der Waals surface area contributed by atoms with Gasteiger partial charge in [-0.3, -0.25) is 10.00 Å². The average molecular weight is 470 g/mol. The van der Waals surface area contributed by atoms with Crippen LogP contribution >= 0.6 is 0 Å². The third-order valence-corrected chi connectivity index (χ3v) is 7.01. The van der Waals surface area contributed by atoms with Crippen LogP contribution in [0.25, 0.3) is 11.0 Å². The number of rotatable bonds is 8. The fourth-order valence-corrected chi connectivity index (χ4v) is 5.04. The Hall–Kier alpha value is -2.76. The topological polar surface area (TPSA) is 136 Å². The summed E-state index contributed by atoms with van der Waals surface area (Å²) in [5.74, 6) is 1.20. The highest BCUT2D eigenvalue weighted by molar-refractivity contribution is 5.87. The Morgan fingerprint density at radius 1 is 1.00 bits per heavy atom. The van der Waals surface area contributed by atoms with Gasteiger partial charge in [0.2, 0.25) is 5.95 Å². The second kappa shape index (κ2) is 11.1. The molecule has 4 heterocycles. The van der Waals surface area contributed by atoms with Gasteiger partial charge in [0.15, 0.2) is 5.82 Å². The van der Waals surface area contributed by atoms with Gasteiger partial charge in [0.25, 0.3) is 0 Å². The van der Waals surface area contributed by atoms with Crippen molar-refractivity contribution in [1.29, 1.82) is 5.41 Å². The van der Waals surface area contributed by atoms with Crippen molar-refractivity contribution in [1.82, 2.24) is 30.4 Å². The molecular formula is C23H35N9O2. The van der Waals surface area contributed by atoms with E-state index >= 15 is 0 Å². The molecule has 0 atom stereocenters. The van der Waals surface area contributed by atoms with Crippen molar-refractivity contribution in [3.8, 4) is 0 Å². The smallest absolute Gasteiger partial charge is 0.230 e. The Morgan fingerprint density at radius 3 is 2.53 bits per heavy atom. The summed E-state index contributed by atoms with van der Waals surface area (Å²) in [6.07, 6.45) is 11.3. The summed E-state index contributed by atoms with van der Waals surface area (Å²) >= 11 is 0. The number of hydrogen-bond donors (Lipinski definition) is 5. The van der Waals surface area contributed by atoms with E-state index in [4.69, 9.17) is 19.9 Å². The third-order valence-electron chi connectivity index (χ3n) is 7.01. The van der Waals surface area contributed by atoms with Crippen molar-refractivity contribution in [2.75, 3.05) is 50.2 Å². The highest BCUT2D eigenvalue weighted by Gasteiger charge is 2.27. The van der Waals surface area contributed by atoms with E-state index in [1.807, 2.05) is 6.20 Å². The maximum absolute atomic E-state index is 7.80. The lowest BCUT2D eigenvalue weighted by Crippen LogP contribution is -2.46. The first-order valence-corrected chi connectivity index (χ1v) is 12.4. The van der Waals surface area contributed by atoms with Gasteiger partial charge in [0, 0.05) is 56.8 Å². The molecule has 2 aromatic rings. The molecule has 2 saturated heterocycles. The van der Waals surface area contributed by atoms with Gasteiger partial charge in [-0.15, -0.1) is 0 Å². The predicted octanol–water partition coefficient (Wildman–Crippen LogP) is 2.08. The van der Waals surface area contributed by atoms with Crippen molar-refractivity contribution in [3.63, 3.8) is 0 Å². The zero-order valence-corrected chi connectivity index (χ0v) is 19.6. The van der Waals surface area contributed by atoms with Crippen LogP contribution in [-0.2, 0) is 9.47 Å². The fourth-order valence-electron chi connectivity index (χ4n) is 5.04. The molecule has 34 heavy (non-hydrogen) atoms. The van der Waals surface area contributed by atoms with E-state index in [0.29, 0.717) is 29.8 Å². The van der Waals surface area contributed by atoms with Crippen molar-refractivity contribution < 1.29 is 9.47 Å². The Kier molecular flexibility index (Phi) is 7.52. The molecule has 2 aromatic heterocycles. The molecule has 0 bridgehead atoms. The molecule has 0 spiro atoms. The van der Waals surface area contributed by atoms with E-state index in [2.05, 4.69) is 36.0 Å². The molecule has 0 radical (unpaired) electrons. The first-order valence-electron chi connectivity index (χ1n) is 12.4. The molecule has 0 amide bonds. The number of anilines is 2. The van der Waals surface area contributed by atoms with Crippen LogP contribution in [-0.4, -0.2) is 88.9 Å². The van der Waals surface area contributed by atoms with Crippen molar-refractivity contribution in [2.24, 2.45) is 0 Å². The van der Waals surface area contributed by atoms with Crippen LogP contribution in [0.1, 0.15) is 38.5 Å². The Bertz CT molecular complexity index is 974. The maximum Gasteiger partial charge on any atom is 0.230 e. The predicted molar refractivity (Wildman–Crippen MR) is 131 cm³/mol. The Morgan fingerprint density at radius 2 is 1.76 bits per heavy atom.